The molecular weight excluding hydrogens is 244 g/mol. The van der Waals surface area contributed by atoms with E-state index in [0.29, 0.717) is 4.77 Å². The summed E-state index contributed by atoms with van der Waals surface area (Å²) < 4.78 is 2.70. The van der Waals surface area contributed by atoms with Crippen LogP contribution in [-0.4, -0.2) is 19.7 Å². The SMILES string of the molecule is CC(C)(C)CCn1c(-c2cccnc2)n[nH]c1=S. The third-order valence-corrected chi connectivity index (χ3v) is 3.08. The van der Waals surface area contributed by atoms with E-state index in [0.717, 1.165) is 24.4 Å². The van der Waals surface area contributed by atoms with Crippen LogP contribution in [0.3, 0.4) is 0 Å². The molecule has 0 aliphatic rings. The van der Waals surface area contributed by atoms with Gasteiger partial charge in [0, 0.05) is 24.5 Å². The monoisotopic (exact) mass is 262 g/mol. The summed E-state index contributed by atoms with van der Waals surface area (Å²) in [6, 6.07) is 3.90. The molecule has 0 bridgehead atoms. The highest BCUT2D eigenvalue weighted by Crippen LogP contribution is 2.22. The van der Waals surface area contributed by atoms with Crippen molar-refractivity contribution in [1.82, 2.24) is 19.7 Å². The maximum Gasteiger partial charge on any atom is 0.195 e. The summed E-state index contributed by atoms with van der Waals surface area (Å²) in [5.74, 6) is 0.859. The van der Waals surface area contributed by atoms with Crippen LogP contribution in [-0.2, 0) is 6.54 Å². The molecule has 2 heterocycles. The Labute approximate surface area is 112 Å². The fourth-order valence-corrected chi connectivity index (χ4v) is 1.91. The molecule has 0 unspecified atom stereocenters. The number of nitrogens with one attached hydrogen (secondary N) is 1. The first-order chi connectivity index (χ1) is 8.47. The van der Waals surface area contributed by atoms with E-state index in [1.807, 2.05) is 16.7 Å². The number of nitrogens with zero attached hydrogens (tertiary/aromatic N) is 3. The summed E-state index contributed by atoms with van der Waals surface area (Å²) >= 11 is 5.29. The summed E-state index contributed by atoms with van der Waals surface area (Å²) in [5, 5.41) is 7.15. The van der Waals surface area contributed by atoms with Gasteiger partial charge in [-0.15, -0.1) is 0 Å². The largest absolute Gasteiger partial charge is 0.300 e. The molecule has 0 aliphatic heterocycles. The Hall–Kier alpha value is -1.49. The zero-order valence-corrected chi connectivity index (χ0v) is 11.8. The first kappa shape index (κ1) is 13.0. The summed E-state index contributed by atoms with van der Waals surface area (Å²) in [6.45, 7) is 7.53. The van der Waals surface area contributed by atoms with Gasteiger partial charge < -0.3 is 4.57 Å². The molecule has 0 amide bonds. The molecule has 96 valence electrons. The number of hydrogen-bond acceptors (Lipinski definition) is 3. The summed E-state index contributed by atoms with van der Waals surface area (Å²) in [4.78, 5) is 4.12. The molecule has 0 radical (unpaired) electrons. The lowest BCUT2D eigenvalue weighted by Crippen LogP contribution is -2.11. The van der Waals surface area contributed by atoms with Crippen LogP contribution < -0.4 is 0 Å². The van der Waals surface area contributed by atoms with E-state index in [4.69, 9.17) is 12.2 Å². The lowest BCUT2D eigenvalue weighted by Gasteiger charge is -2.18. The zero-order valence-electron chi connectivity index (χ0n) is 11.0. The van der Waals surface area contributed by atoms with Crippen LogP contribution in [0.5, 0.6) is 0 Å². The quantitative estimate of drug-likeness (QED) is 0.862. The second-order valence-corrected chi connectivity index (χ2v) is 5.94. The Morgan fingerprint density at radius 1 is 1.39 bits per heavy atom. The third-order valence-electron chi connectivity index (χ3n) is 2.76. The van der Waals surface area contributed by atoms with E-state index in [9.17, 15) is 0 Å². The third kappa shape index (κ3) is 3.04. The second kappa shape index (κ2) is 5.02. The minimum atomic E-state index is 0.276. The lowest BCUT2D eigenvalue weighted by atomic mass is 9.92. The molecule has 2 aromatic rings. The Kier molecular flexibility index (Phi) is 3.61. The molecule has 18 heavy (non-hydrogen) atoms. The molecule has 0 aromatic carbocycles. The topological polar surface area (TPSA) is 46.5 Å². The minimum Gasteiger partial charge on any atom is -0.300 e. The maximum atomic E-state index is 5.29. The predicted molar refractivity (Wildman–Crippen MR) is 74.7 cm³/mol. The van der Waals surface area contributed by atoms with E-state index in [-0.39, 0.29) is 5.41 Å². The van der Waals surface area contributed by atoms with Gasteiger partial charge in [-0.3, -0.25) is 10.1 Å². The van der Waals surface area contributed by atoms with Gasteiger partial charge in [-0.25, -0.2) is 0 Å². The summed E-state index contributed by atoms with van der Waals surface area (Å²) in [6.07, 6.45) is 4.61. The molecule has 1 N–H and O–H groups in total. The molecule has 4 nitrogen and oxygen atoms in total. The standard InChI is InChI=1S/C13H18N4S/c1-13(2,3)6-8-17-11(15-16-12(17)18)10-5-4-7-14-9-10/h4-5,7,9H,6,8H2,1-3H3,(H,16,18). The smallest absolute Gasteiger partial charge is 0.195 e. The van der Waals surface area contributed by atoms with Crippen LogP contribution in [0.15, 0.2) is 24.5 Å². The molecule has 0 atom stereocenters. The number of aromatic amines is 1. The highest BCUT2D eigenvalue weighted by atomic mass is 32.1. The van der Waals surface area contributed by atoms with E-state index < -0.39 is 0 Å². The highest BCUT2D eigenvalue weighted by Gasteiger charge is 2.14. The molecule has 0 spiro atoms. The molecule has 0 saturated carbocycles. The van der Waals surface area contributed by atoms with Crippen LogP contribution in [0.1, 0.15) is 27.2 Å². The van der Waals surface area contributed by atoms with Gasteiger partial charge in [0.05, 0.1) is 0 Å². The summed E-state index contributed by atoms with van der Waals surface area (Å²) in [5.41, 5.74) is 1.26. The number of pyridine rings is 1. The van der Waals surface area contributed by atoms with Crippen LogP contribution in [0, 0.1) is 10.2 Å². The number of H-pyrrole nitrogens is 1. The Balaban J connectivity index is 2.31. The van der Waals surface area contributed by atoms with Gasteiger partial charge in [-0.2, -0.15) is 5.10 Å². The van der Waals surface area contributed by atoms with Crippen LogP contribution >= 0.6 is 12.2 Å². The maximum absolute atomic E-state index is 5.29. The first-order valence-electron chi connectivity index (χ1n) is 6.03. The number of hydrogen-bond donors (Lipinski definition) is 1. The molecule has 2 rings (SSSR count). The van der Waals surface area contributed by atoms with E-state index in [1.54, 1.807) is 12.4 Å². The second-order valence-electron chi connectivity index (χ2n) is 5.56. The zero-order chi connectivity index (χ0) is 13.2. The highest BCUT2D eigenvalue weighted by molar-refractivity contribution is 7.71. The van der Waals surface area contributed by atoms with Gasteiger partial charge in [0.15, 0.2) is 10.6 Å². The van der Waals surface area contributed by atoms with Crippen molar-refractivity contribution in [3.63, 3.8) is 0 Å². The summed E-state index contributed by atoms with van der Waals surface area (Å²) in [7, 11) is 0. The normalized spacial score (nSPS) is 11.7. The predicted octanol–water partition coefficient (Wildman–Crippen LogP) is 3.44. The van der Waals surface area contributed by atoms with Gasteiger partial charge in [0.25, 0.3) is 0 Å². The van der Waals surface area contributed by atoms with Crippen molar-refractivity contribution in [2.45, 2.75) is 33.7 Å². The van der Waals surface area contributed by atoms with Crippen molar-refractivity contribution in [2.75, 3.05) is 0 Å². The van der Waals surface area contributed by atoms with Gasteiger partial charge >= 0.3 is 0 Å². The average Bonchev–Trinajstić information content (AvgIpc) is 2.68. The Morgan fingerprint density at radius 3 is 2.78 bits per heavy atom. The Morgan fingerprint density at radius 2 is 2.17 bits per heavy atom. The number of aromatic nitrogens is 4. The lowest BCUT2D eigenvalue weighted by molar-refractivity contribution is 0.350. The average molecular weight is 262 g/mol. The molecule has 0 aliphatic carbocycles. The van der Waals surface area contributed by atoms with Crippen molar-refractivity contribution < 1.29 is 0 Å². The fourth-order valence-electron chi connectivity index (χ4n) is 1.69. The fraction of sp³-hybridized carbons (Fsp3) is 0.462. The Bertz CT molecular complexity index is 563. The van der Waals surface area contributed by atoms with Crippen molar-refractivity contribution in [3.05, 3.63) is 29.3 Å². The van der Waals surface area contributed by atoms with Gasteiger partial charge in [0.1, 0.15) is 0 Å². The van der Waals surface area contributed by atoms with Gasteiger partial charge in [0.2, 0.25) is 0 Å². The molecular formula is C13H18N4S. The molecule has 0 saturated heterocycles. The molecule has 0 fully saturated rings. The molecule has 2 aromatic heterocycles. The van der Waals surface area contributed by atoms with Gasteiger partial charge in [-0.1, -0.05) is 20.8 Å². The van der Waals surface area contributed by atoms with Gasteiger partial charge in [-0.05, 0) is 36.2 Å². The van der Waals surface area contributed by atoms with Crippen LogP contribution in [0.2, 0.25) is 0 Å². The van der Waals surface area contributed by atoms with E-state index in [2.05, 4.69) is 36.0 Å². The van der Waals surface area contributed by atoms with Crippen molar-refractivity contribution in [2.24, 2.45) is 5.41 Å². The minimum absolute atomic E-state index is 0.276. The van der Waals surface area contributed by atoms with E-state index >= 15 is 0 Å². The van der Waals surface area contributed by atoms with Crippen LogP contribution in [0.25, 0.3) is 11.4 Å². The van der Waals surface area contributed by atoms with Crippen molar-refractivity contribution in [1.29, 1.82) is 0 Å². The van der Waals surface area contributed by atoms with Crippen molar-refractivity contribution in [3.8, 4) is 11.4 Å². The van der Waals surface area contributed by atoms with E-state index in [1.165, 1.54) is 0 Å². The first-order valence-corrected chi connectivity index (χ1v) is 6.44. The number of rotatable bonds is 3. The van der Waals surface area contributed by atoms with Crippen LogP contribution in [0.4, 0.5) is 0 Å². The molecule has 5 heteroatoms. The van der Waals surface area contributed by atoms with Crippen molar-refractivity contribution >= 4 is 12.2 Å².